The van der Waals surface area contributed by atoms with E-state index in [2.05, 4.69) is 10.0 Å². The Labute approximate surface area is 151 Å². The normalized spacial score (nSPS) is 13.0. The molecule has 1 aromatic carbocycles. The van der Waals surface area contributed by atoms with Crippen LogP contribution in [0.4, 0.5) is 5.69 Å². The van der Waals surface area contributed by atoms with E-state index in [0.717, 1.165) is 16.9 Å². The molecule has 0 bridgehead atoms. The minimum atomic E-state index is -3.74. The predicted molar refractivity (Wildman–Crippen MR) is 98.1 cm³/mol. The number of hydrogen-bond acceptors (Lipinski definition) is 4. The van der Waals surface area contributed by atoms with Crippen LogP contribution in [-0.2, 0) is 14.8 Å². The molecule has 0 radical (unpaired) electrons. The highest BCUT2D eigenvalue weighted by molar-refractivity contribution is 7.91. The number of thiophene rings is 1. The fourth-order valence-corrected chi connectivity index (χ4v) is 4.62. The van der Waals surface area contributed by atoms with Crippen LogP contribution in [0.3, 0.4) is 0 Å². The number of anilines is 1. The van der Waals surface area contributed by atoms with Crippen molar-refractivity contribution in [3.63, 3.8) is 0 Å². The third-order valence-electron chi connectivity index (χ3n) is 3.52. The molecule has 0 aliphatic heterocycles. The summed E-state index contributed by atoms with van der Waals surface area (Å²) in [5.74, 6) is -0.644. The molecule has 2 N–H and O–H groups in total. The van der Waals surface area contributed by atoms with Crippen LogP contribution in [-0.4, -0.2) is 20.4 Å². The van der Waals surface area contributed by atoms with Crippen LogP contribution in [0.15, 0.2) is 39.9 Å². The van der Waals surface area contributed by atoms with Crippen molar-refractivity contribution in [1.82, 2.24) is 4.72 Å². The summed E-state index contributed by atoms with van der Waals surface area (Å²) in [6.45, 7) is 5.36. The average Bonchev–Trinajstić information content (AvgIpc) is 3.04. The van der Waals surface area contributed by atoms with Gasteiger partial charge >= 0.3 is 0 Å². The summed E-state index contributed by atoms with van der Waals surface area (Å²) < 4.78 is 27.4. The van der Waals surface area contributed by atoms with E-state index in [0.29, 0.717) is 10.7 Å². The number of rotatable bonds is 6. The van der Waals surface area contributed by atoms with Gasteiger partial charge in [0, 0.05) is 10.7 Å². The Balaban J connectivity index is 2.21. The Morgan fingerprint density at radius 2 is 1.92 bits per heavy atom. The molecule has 8 heteroatoms. The van der Waals surface area contributed by atoms with Gasteiger partial charge in [-0.25, -0.2) is 8.42 Å². The molecule has 130 valence electrons. The summed E-state index contributed by atoms with van der Waals surface area (Å²) in [4.78, 5) is 12.6. The number of hydrogen-bond donors (Lipinski definition) is 2. The predicted octanol–water partition coefficient (Wildman–Crippen LogP) is 3.65. The largest absolute Gasteiger partial charge is 0.324 e. The number of carbonyl (C=O) groups is 1. The molecule has 2 rings (SSSR count). The van der Waals surface area contributed by atoms with E-state index in [1.165, 1.54) is 6.07 Å². The zero-order valence-electron chi connectivity index (χ0n) is 13.5. The molecule has 1 atom stereocenters. The highest BCUT2D eigenvalue weighted by atomic mass is 35.5. The van der Waals surface area contributed by atoms with E-state index in [-0.39, 0.29) is 10.1 Å². The van der Waals surface area contributed by atoms with Crippen molar-refractivity contribution in [3.05, 3.63) is 46.3 Å². The summed E-state index contributed by atoms with van der Waals surface area (Å²) >= 11 is 7.16. The van der Waals surface area contributed by atoms with Crippen LogP contribution in [0.25, 0.3) is 0 Å². The maximum Gasteiger partial charge on any atom is 0.250 e. The SMILES string of the molecule is Cc1c(Cl)cccc1NC(=O)[C@@H](NS(=O)(=O)c1cccs1)C(C)C. The lowest BCUT2D eigenvalue weighted by Crippen LogP contribution is -2.46. The third-order valence-corrected chi connectivity index (χ3v) is 6.76. The van der Waals surface area contributed by atoms with Gasteiger partial charge in [-0.2, -0.15) is 4.72 Å². The lowest BCUT2D eigenvalue weighted by molar-refractivity contribution is -0.118. The summed E-state index contributed by atoms with van der Waals surface area (Å²) in [7, 11) is -3.74. The number of benzene rings is 1. The maximum absolute atomic E-state index is 12.6. The summed E-state index contributed by atoms with van der Waals surface area (Å²) in [5, 5.41) is 4.96. The average molecular weight is 387 g/mol. The van der Waals surface area contributed by atoms with Crippen molar-refractivity contribution in [2.75, 3.05) is 5.32 Å². The first kappa shape index (κ1) is 18.9. The van der Waals surface area contributed by atoms with E-state index in [1.807, 2.05) is 0 Å². The first-order chi connectivity index (χ1) is 11.2. The molecule has 1 amide bonds. The zero-order valence-corrected chi connectivity index (χ0v) is 15.9. The summed E-state index contributed by atoms with van der Waals surface area (Å²) in [5.41, 5.74) is 1.30. The second kappa shape index (κ2) is 7.65. The van der Waals surface area contributed by atoms with Crippen molar-refractivity contribution in [3.8, 4) is 0 Å². The summed E-state index contributed by atoms with van der Waals surface area (Å²) in [6, 6.07) is 7.44. The van der Waals surface area contributed by atoms with Gasteiger partial charge in [0.15, 0.2) is 0 Å². The van der Waals surface area contributed by atoms with E-state index < -0.39 is 22.0 Å². The van der Waals surface area contributed by atoms with Crippen LogP contribution in [0.5, 0.6) is 0 Å². The quantitative estimate of drug-likeness (QED) is 0.795. The van der Waals surface area contributed by atoms with E-state index in [1.54, 1.807) is 50.4 Å². The molecule has 0 saturated carbocycles. The van der Waals surface area contributed by atoms with Gasteiger partial charge in [0.25, 0.3) is 10.0 Å². The first-order valence-corrected chi connectivity index (χ1v) is 10.1. The van der Waals surface area contributed by atoms with E-state index in [9.17, 15) is 13.2 Å². The first-order valence-electron chi connectivity index (χ1n) is 7.34. The molecular weight excluding hydrogens is 368 g/mol. The van der Waals surface area contributed by atoms with E-state index >= 15 is 0 Å². The van der Waals surface area contributed by atoms with Gasteiger partial charge in [0.1, 0.15) is 10.3 Å². The fraction of sp³-hybridized carbons (Fsp3) is 0.312. The monoisotopic (exact) mass is 386 g/mol. The Hall–Kier alpha value is -1.41. The third kappa shape index (κ3) is 4.36. The van der Waals surface area contributed by atoms with Crippen LogP contribution in [0, 0.1) is 12.8 Å². The fourth-order valence-electron chi connectivity index (χ4n) is 2.09. The molecule has 0 aliphatic carbocycles. The second-order valence-electron chi connectivity index (χ2n) is 5.68. The number of carbonyl (C=O) groups excluding carboxylic acids is 1. The second-order valence-corrected chi connectivity index (χ2v) is 8.97. The van der Waals surface area contributed by atoms with Crippen LogP contribution in [0.2, 0.25) is 5.02 Å². The molecule has 0 saturated heterocycles. The molecule has 5 nitrogen and oxygen atoms in total. The van der Waals surface area contributed by atoms with Crippen LogP contribution in [0.1, 0.15) is 19.4 Å². The minimum Gasteiger partial charge on any atom is -0.324 e. The van der Waals surface area contributed by atoms with Crippen molar-refractivity contribution in [1.29, 1.82) is 0 Å². The number of halogens is 1. The molecule has 0 fully saturated rings. The Bertz CT molecular complexity index is 818. The smallest absolute Gasteiger partial charge is 0.250 e. The van der Waals surface area contributed by atoms with Crippen molar-refractivity contribution in [2.45, 2.75) is 31.0 Å². The molecular formula is C16H19ClN2O3S2. The molecule has 1 heterocycles. The van der Waals surface area contributed by atoms with Crippen molar-refractivity contribution >= 4 is 44.6 Å². The van der Waals surface area contributed by atoms with Gasteiger partial charge in [-0.15, -0.1) is 11.3 Å². The molecule has 24 heavy (non-hydrogen) atoms. The van der Waals surface area contributed by atoms with Crippen molar-refractivity contribution < 1.29 is 13.2 Å². The standard InChI is InChI=1S/C16H19ClN2O3S2/c1-10(2)15(19-24(21,22)14-8-5-9-23-14)16(20)18-13-7-4-6-12(17)11(13)3/h4-10,15,19H,1-3H3,(H,18,20)/t15-/m0/s1. The van der Waals surface area contributed by atoms with Gasteiger partial charge in [-0.05, 0) is 42.0 Å². The van der Waals surface area contributed by atoms with Crippen molar-refractivity contribution in [2.24, 2.45) is 5.92 Å². The van der Waals surface area contributed by atoms with Gasteiger partial charge in [-0.3, -0.25) is 4.79 Å². The Kier molecular flexibility index (Phi) is 6.03. The topological polar surface area (TPSA) is 75.3 Å². The number of amides is 1. The molecule has 0 aliphatic rings. The Morgan fingerprint density at radius 3 is 2.50 bits per heavy atom. The molecule has 0 spiro atoms. The highest BCUT2D eigenvalue weighted by Crippen LogP contribution is 2.24. The number of nitrogens with one attached hydrogen (secondary N) is 2. The van der Waals surface area contributed by atoms with E-state index in [4.69, 9.17) is 11.6 Å². The highest BCUT2D eigenvalue weighted by Gasteiger charge is 2.29. The maximum atomic E-state index is 12.6. The number of sulfonamides is 1. The lowest BCUT2D eigenvalue weighted by atomic mass is 10.0. The molecule has 2 aromatic rings. The Morgan fingerprint density at radius 1 is 1.21 bits per heavy atom. The van der Waals surface area contributed by atoms with Gasteiger partial charge in [-0.1, -0.05) is 37.6 Å². The van der Waals surface area contributed by atoms with Crippen LogP contribution >= 0.6 is 22.9 Å². The van der Waals surface area contributed by atoms with Gasteiger partial charge in [0.2, 0.25) is 5.91 Å². The van der Waals surface area contributed by atoms with Crippen LogP contribution < -0.4 is 10.0 Å². The summed E-state index contributed by atoms with van der Waals surface area (Å²) in [6.07, 6.45) is 0. The molecule has 0 unspecified atom stereocenters. The van der Waals surface area contributed by atoms with Gasteiger partial charge < -0.3 is 5.32 Å². The lowest BCUT2D eigenvalue weighted by Gasteiger charge is -2.22. The molecule has 1 aromatic heterocycles. The van der Waals surface area contributed by atoms with Gasteiger partial charge in [0.05, 0.1) is 0 Å². The zero-order chi connectivity index (χ0) is 17.9. The minimum absolute atomic E-state index is 0.180.